The van der Waals surface area contributed by atoms with Gasteiger partial charge in [0.15, 0.2) is 5.16 Å². The Morgan fingerprint density at radius 1 is 1.17 bits per heavy atom. The number of para-hydroxylation sites is 2. The monoisotopic (exact) mass is 437 g/mol. The molecule has 0 atom stereocenters. The first kappa shape index (κ1) is 20.2. The number of ether oxygens (including phenoxy) is 1. The summed E-state index contributed by atoms with van der Waals surface area (Å²) in [6.07, 6.45) is 0. The van der Waals surface area contributed by atoms with Crippen molar-refractivity contribution in [2.24, 2.45) is 7.05 Å². The number of benzene rings is 2. The van der Waals surface area contributed by atoms with Gasteiger partial charge in [-0.25, -0.2) is 4.98 Å². The van der Waals surface area contributed by atoms with Crippen LogP contribution in [0, 0.1) is 0 Å². The van der Waals surface area contributed by atoms with Gasteiger partial charge in [-0.1, -0.05) is 54.2 Å². The fourth-order valence-electron chi connectivity index (χ4n) is 3.04. The van der Waals surface area contributed by atoms with Gasteiger partial charge in [0.1, 0.15) is 10.4 Å². The SMILES string of the molecule is COc1ccccc1NC(=O)CSc1nc2c(-c3ccccc3)csc2c(=O)n1C. The highest BCUT2D eigenvalue weighted by Gasteiger charge is 2.16. The van der Waals surface area contributed by atoms with E-state index in [1.807, 2.05) is 47.8 Å². The smallest absolute Gasteiger partial charge is 0.271 e. The van der Waals surface area contributed by atoms with Gasteiger partial charge in [-0.3, -0.25) is 14.2 Å². The first-order valence-electron chi connectivity index (χ1n) is 9.18. The molecule has 1 amide bonds. The average molecular weight is 438 g/mol. The summed E-state index contributed by atoms with van der Waals surface area (Å²) < 4.78 is 7.37. The van der Waals surface area contributed by atoms with Crippen molar-refractivity contribution in [3.63, 3.8) is 0 Å². The van der Waals surface area contributed by atoms with E-state index < -0.39 is 0 Å². The van der Waals surface area contributed by atoms with Crippen LogP contribution in [0.1, 0.15) is 0 Å². The van der Waals surface area contributed by atoms with Gasteiger partial charge >= 0.3 is 0 Å². The first-order valence-corrected chi connectivity index (χ1v) is 11.0. The van der Waals surface area contributed by atoms with Crippen molar-refractivity contribution in [1.29, 1.82) is 0 Å². The summed E-state index contributed by atoms with van der Waals surface area (Å²) in [5, 5.41) is 5.29. The van der Waals surface area contributed by atoms with E-state index in [1.54, 1.807) is 26.3 Å². The number of nitrogens with zero attached hydrogens (tertiary/aromatic N) is 2. The number of amides is 1. The molecular weight excluding hydrogens is 418 g/mol. The van der Waals surface area contributed by atoms with Crippen LogP contribution in [-0.2, 0) is 11.8 Å². The lowest BCUT2D eigenvalue weighted by Gasteiger charge is -2.10. The number of fused-ring (bicyclic) bond motifs is 1. The third kappa shape index (κ3) is 3.96. The highest BCUT2D eigenvalue weighted by molar-refractivity contribution is 7.99. The second-order valence-corrected chi connectivity index (χ2v) is 8.31. The Morgan fingerprint density at radius 3 is 2.67 bits per heavy atom. The molecule has 0 saturated heterocycles. The number of aromatic nitrogens is 2. The lowest BCUT2D eigenvalue weighted by atomic mass is 10.1. The van der Waals surface area contributed by atoms with Crippen LogP contribution in [-0.4, -0.2) is 28.3 Å². The molecule has 0 aliphatic heterocycles. The Bertz CT molecular complexity index is 1270. The molecule has 0 radical (unpaired) electrons. The number of thiophene rings is 1. The molecule has 0 unspecified atom stereocenters. The minimum absolute atomic E-state index is 0.111. The number of carbonyl (C=O) groups excluding carboxylic acids is 1. The third-order valence-electron chi connectivity index (χ3n) is 4.56. The molecule has 2 aromatic heterocycles. The van der Waals surface area contributed by atoms with Gasteiger partial charge in [0.05, 0.1) is 24.1 Å². The van der Waals surface area contributed by atoms with Gasteiger partial charge in [-0.05, 0) is 17.7 Å². The molecule has 4 aromatic rings. The van der Waals surface area contributed by atoms with Gasteiger partial charge in [-0.15, -0.1) is 11.3 Å². The molecule has 0 saturated carbocycles. The zero-order chi connectivity index (χ0) is 21.1. The lowest BCUT2D eigenvalue weighted by molar-refractivity contribution is -0.113. The molecule has 30 heavy (non-hydrogen) atoms. The first-order chi connectivity index (χ1) is 14.6. The van der Waals surface area contributed by atoms with Gasteiger partial charge in [0, 0.05) is 18.0 Å². The molecule has 0 aliphatic rings. The second kappa shape index (κ2) is 8.73. The fourth-order valence-corrected chi connectivity index (χ4v) is 4.79. The summed E-state index contributed by atoms with van der Waals surface area (Å²) in [7, 11) is 3.23. The quantitative estimate of drug-likeness (QED) is 0.357. The lowest BCUT2D eigenvalue weighted by Crippen LogP contribution is -2.21. The molecule has 6 nitrogen and oxygen atoms in total. The van der Waals surface area contributed by atoms with Crippen LogP contribution < -0.4 is 15.6 Å². The molecule has 1 N–H and O–H groups in total. The van der Waals surface area contributed by atoms with E-state index in [0.29, 0.717) is 26.8 Å². The van der Waals surface area contributed by atoms with Crippen LogP contribution >= 0.6 is 23.1 Å². The van der Waals surface area contributed by atoms with Crippen molar-refractivity contribution < 1.29 is 9.53 Å². The van der Waals surface area contributed by atoms with Crippen LogP contribution in [0.4, 0.5) is 5.69 Å². The number of carbonyl (C=O) groups is 1. The number of hydrogen-bond donors (Lipinski definition) is 1. The molecule has 152 valence electrons. The molecule has 0 aliphatic carbocycles. The van der Waals surface area contributed by atoms with Crippen molar-refractivity contribution in [2.45, 2.75) is 5.16 Å². The molecule has 0 fully saturated rings. The zero-order valence-corrected chi connectivity index (χ0v) is 18.0. The van der Waals surface area contributed by atoms with Crippen molar-refractivity contribution in [2.75, 3.05) is 18.2 Å². The van der Waals surface area contributed by atoms with E-state index in [-0.39, 0.29) is 17.2 Å². The Balaban J connectivity index is 1.59. The highest BCUT2D eigenvalue weighted by Crippen LogP contribution is 2.32. The maximum atomic E-state index is 12.8. The summed E-state index contributed by atoms with van der Waals surface area (Å²) in [4.78, 5) is 30.0. The Morgan fingerprint density at radius 2 is 1.90 bits per heavy atom. The third-order valence-corrected chi connectivity index (χ3v) is 6.54. The molecule has 4 rings (SSSR count). The predicted octanol–water partition coefficient (Wildman–Crippen LogP) is 4.40. The summed E-state index contributed by atoms with van der Waals surface area (Å²) in [5.41, 5.74) is 3.09. The van der Waals surface area contributed by atoms with Crippen molar-refractivity contribution in [3.05, 3.63) is 70.3 Å². The number of nitrogens with one attached hydrogen (secondary N) is 1. The van der Waals surface area contributed by atoms with E-state index >= 15 is 0 Å². The molecular formula is C22H19N3O3S2. The summed E-state index contributed by atoms with van der Waals surface area (Å²) in [5.74, 6) is 0.510. The van der Waals surface area contributed by atoms with Crippen molar-refractivity contribution >= 4 is 44.9 Å². The number of methoxy groups -OCH3 is 1. The number of thioether (sulfide) groups is 1. The van der Waals surface area contributed by atoms with Crippen LogP contribution in [0.25, 0.3) is 21.3 Å². The maximum Gasteiger partial charge on any atom is 0.271 e. The zero-order valence-electron chi connectivity index (χ0n) is 16.4. The molecule has 8 heteroatoms. The molecule has 2 aromatic carbocycles. The van der Waals surface area contributed by atoms with Gasteiger partial charge < -0.3 is 10.1 Å². The Labute approximate surface area is 181 Å². The maximum absolute atomic E-state index is 12.8. The van der Waals surface area contributed by atoms with E-state index in [2.05, 4.69) is 5.32 Å². The standard InChI is InChI=1S/C22H19N3O3S2/c1-25-21(27)20-19(15(12-29-20)14-8-4-3-5-9-14)24-22(25)30-13-18(26)23-16-10-6-7-11-17(16)28-2/h3-12H,13H2,1-2H3,(H,23,26). The molecule has 0 bridgehead atoms. The summed E-state index contributed by atoms with van der Waals surface area (Å²) >= 11 is 2.62. The number of anilines is 1. The van der Waals surface area contributed by atoms with Gasteiger partial charge in [-0.2, -0.15) is 0 Å². The van der Waals surface area contributed by atoms with Crippen molar-refractivity contribution in [3.8, 4) is 16.9 Å². The largest absolute Gasteiger partial charge is 0.495 e. The summed E-state index contributed by atoms with van der Waals surface area (Å²) in [6.45, 7) is 0. The highest BCUT2D eigenvalue weighted by atomic mass is 32.2. The van der Waals surface area contributed by atoms with Crippen LogP contribution in [0.3, 0.4) is 0 Å². The second-order valence-electron chi connectivity index (χ2n) is 6.49. The van der Waals surface area contributed by atoms with Crippen molar-refractivity contribution in [1.82, 2.24) is 9.55 Å². The topological polar surface area (TPSA) is 73.2 Å². The van der Waals surface area contributed by atoms with Crippen LogP contribution in [0.15, 0.2) is 69.9 Å². The van der Waals surface area contributed by atoms with Gasteiger partial charge in [0.25, 0.3) is 5.56 Å². The van der Waals surface area contributed by atoms with E-state index in [9.17, 15) is 9.59 Å². The van der Waals surface area contributed by atoms with E-state index in [1.165, 1.54) is 27.7 Å². The predicted molar refractivity (Wildman–Crippen MR) is 123 cm³/mol. The van der Waals surface area contributed by atoms with E-state index in [0.717, 1.165) is 11.1 Å². The average Bonchev–Trinajstić information content (AvgIpc) is 3.20. The Hall–Kier alpha value is -3.10. The van der Waals surface area contributed by atoms with E-state index in [4.69, 9.17) is 9.72 Å². The molecule has 0 spiro atoms. The molecule has 2 heterocycles. The Kier molecular flexibility index (Phi) is 5.87. The minimum atomic E-state index is -0.201. The van der Waals surface area contributed by atoms with Crippen LogP contribution in [0.2, 0.25) is 0 Å². The number of rotatable bonds is 6. The fraction of sp³-hybridized carbons (Fsp3) is 0.136. The van der Waals surface area contributed by atoms with Gasteiger partial charge in [0.2, 0.25) is 5.91 Å². The summed E-state index contributed by atoms with van der Waals surface area (Å²) in [6, 6.07) is 17.1. The van der Waals surface area contributed by atoms with Crippen LogP contribution in [0.5, 0.6) is 5.75 Å². The normalized spacial score (nSPS) is 10.9. The number of hydrogen-bond acceptors (Lipinski definition) is 6. The minimum Gasteiger partial charge on any atom is -0.495 e.